The smallest absolute Gasteiger partial charge is 0.252 e. The van der Waals surface area contributed by atoms with Crippen LogP contribution < -0.4 is 20.1 Å². The number of hydrogen-bond donors (Lipinski definition) is 2. The van der Waals surface area contributed by atoms with Crippen molar-refractivity contribution in [2.24, 2.45) is 0 Å². The highest BCUT2D eigenvalue weighted by Crippen LogP contribution is 2.33. The van der Waals surface area contributed by atoms with Gasteiger partial charge < -0.3 is 25.0 Å². The van der Waals surface area contributed by atoms with Crippen molar-refractivity contribution in [1.29, 1.82) is 0 Å². The van der Waals surface area contributed by atoms with Gasteiger partial charge in [0.15, 0.2) is 11.5 Å². The van der Waals surface area contributed by atoms with Crippen molar-refractivity contribution in [3.63, 3.8) is 0 Å². The third-order valence-electron chi connectivity index (χ3n) is 5.58. The molecule has 2 aliphatic heterocycles. The Morgan fingerprint density at radius 1 is 1.13 bits per heavy atom. The number of likely N-dealkylation sites (tertiary alicyclic amines) is 1. The first kappa shape index (κ1) is 20.0. The van der Waals surface area contributed by atoms with Gasteiger partial charge in [-0.25, -0.2) is 4.39 Å². The Bertz CT molecular complexity index is 989. The maximum atomic E-state index is 14.5. The monoisotopic (exact) mass is 413 g/mol. The van der Waals surface area contributed by atoms with E-state index in [4.69, 9.17) is 9.47 Å². The molecule has 0 aliphatic carbocycles. The number of hydrogen-bond acceptors (Lipinski definition) is 5. The average molecular weight is 413 g/mol. The zero-order valence-electron chi connectivity index (χ0n) is 17.0. The van der Waals surface area contributed by atoms with E-state index in [1.54, 1.807) is 36.3 Å². The number of nitrogens with one attached hydrogen (secondary N) is 2. The lowest BCUT2D eigenvalue weighted by Gasteiger charge is -2.26. The van der Waals surface area contributed by atoms with Gasteiger partial charge >= 0.3 is 0 Å². The molecule has 2 aromatic carbocycles. The summed E-state index contributed by atoms with van der Waals surface area (Å²) in [4.78, 5) is 27.1. The molecule has 0 aromatic heterocycles. The molecule has 2 amide bonds. The van der Waals surface area contributed by atoms with Crippen molar-refractivity contribution in [3.05, 3.63) is 52.8 Å². The topological polar surface area (TPSA) is 79.9 Å². The summed E-state index contributed by atoms with van der Waals surface area (Å²) >= 11 is 0. The van der Waals surface area contributed by atoms with Gasteiger partial charge in [-0.05, 0) is 42.7 Å². The summed E-state index contributed by atoms with van der Waals surface area (Å²) in [5, 5.41) is 5.77. The zero-order valence-corrected chi connectivity index (χ0v) is 17.0. The van der Waals surface area contributed by atoms with Crippen LogP contribution in [0.25, 0.3) is 0 Å². The third kappa shape index (κ3) is 3.65. The quantitative estimate of drug-likeness (QED) is 0.761. The number of fused-ring (bicyclic) bond motifs is 1. The highest BCUT2D eigenvalue weighted by Gasteiger charge is 2.30. The molecule has 2 aromatic rings. The third-order valence-corrected chi connectivity index (χ3v) is 5.58. The molecule has 2 heterocycles. The molecule has 0 bridgehead atoms. The number of amides is 2. The highest BCUT2D eigenvalue weighted by molar-refractivity contribution is 5.99. The molecule has 0 spiro atoms. The molecule has 2 N–H and O–H groups in total. The van der Waals surface area contributed by atoms with Crippen LogP contribution in [0.15, 0.2) is 30.3 Å². The fourth-order valence-corrected chi connectivity index (χ4v) is 3.97. The molecule has 7 nitrogen and oxygen atoms in total. The van der Waals surface area contributed by atoms with Crippen LogP contribution in [0.4, 0.5) is 10.1 Å². The van der Waals surface area contributed by atoms with Crippen LogP contribution >= 0.6 is 0 Å². The molecule has 2 aliphatic rings. The average Bonchev–Trinajstić information content (AvgIpc) is 3.42. The molecule has 1 saturated heterocycles. The van der Waals surface area contributed by atoms with Crippen LogP contribution in [0.3, 0.4) is 0 Å². The first-order valence-corrected chi connectivity index (χ1v) is 9.89. The van der Waals surface area contributed by atoms with Crippen molar-refractivity contribution in [3.8, 4) is 11.5 Å². The van der Waals surface area contributed by atoms with Crippen molar-refractivity contribution in [2.45, 2.75) is 25.4 Å². The Balaban J connectivity index is 1.71. The van der Waals surface area contributed by atoms with E-state index >= 15 is 0 Å². The van der Waals surface area contributed by atoms with Crippen molar-refractivity contribution < 1.29 is 23.5 Å². The van der Waals surface area contributed by atoms with Crippen LogP contribution in [0.1, 0.15) is 40.4 Å². The van der Waals surface area contributed by atoms with E-state index in [0.29, 0.717) is 41.4 Å². The fourth-order valence-electron chi connectivity index (χ4n) is 3.97. The predicted octanol–water partition coefficient (Wildman–Crippen LogP) is 2.86. The van der Waals surface area contributed by atoms with E-state index in [1.165, 1.54) is 13.2 Å². The minimum atomic E-state index is -0.759. The summed E-state index contributed by atoms with van der Waals surface area (Å²) in [6.45, 7) is 1.54. The molecule has 4 rings (SSSR count). The van der Waals surface area contributed by atoms with Crippen LogP contribution in [-0.4, -0.2) is 44.0 Å². The molecule has 158 valence electrons. The first-order valence-electron chi connectivity index (χ1n) is 9.89. The summed E-state index contributed by atoms with van der Waals surface area (Å²) < 4.78 is 25.2. The van der Waals surface area contributed by atoms with E-state index < -0.39 is 11.9 Å². The lowest BCUT2D eigenvalue weighted by atomic mass is 10.0. The van der Waals surface area contributed by atoms with Gasteiger partial charge in [-0.3, -0.25) is 9.59 Å². The van der Waals surface area contributed by atoms with E-state index in [9.17, 15) is 14.0 Å². The van der Waals surface area contributed by atoms with Crippen LogP contribution in [-0.2, 0) is 11.3 Å². The summed E-state index contributed by atoms with van der Waals surface area (Å²) in [5.41, 5.74) is 1.67. The van der Waals surface area contributed by atoms with Gasteiger partial charge in [-0.15, -0.1) is 0 Å². The standard InChI is InChI=1S/C22H24FN3O4/c1-29-18-6-5-13(9-19(18)30-2)20(22(28)26-7-3-4-8-26)25-14-10-15-16(17(23)11-14)12-24-21(15)27/h5-6,9-11,20,25H,3-4,7-8,12H2,1-2H3,(H,24,27). The molecule has 0 radical (unpaired) electrons. The van der Waals surface area contributed by atoms with Gasteiger partial charge in [0, 0.05) is 36.4 Å². The number of halogens is 1. The summed E-state index contributed by atoms with van der Waals surface area (Å²) in [7, 11) is 3.07. The molecule has 30 heavy (non-hydrogen) atoms. The van der Waals surface area contributed by atoms with Crippen LogP contribution in [0, 0.1) is 5.82 Å². The van der Waals surface area contributed by atoms with Crippen LogP contribution in [0.5, 0.6) is 11.5 Å². The molecule has 0 saturated carbocycles. The summed E-state index contributed by atoms with van der Waals surface area (Å²) in [5.74, 6) is 0.142. The lowest BCUT2D eigenvalue weighted by Crippen LogP contribution is -2.36. The number of ether oxygens (including phenoxy) is 2. The van der Waals surface area contributed by atoms with Gasteiger partial charge in [-0.2, -0.15) is 0 Å². The minimum Gasteiger partial charge on any atom is -0.493 e. The number of rotatable bonds is 6. The Kier molecular flexibility index (Phi) is 5.48. The first-order chi connectivity index (χ1) is 14.5. The Morgan fingerprint density at radius 2 is 1.87 bits per heavy atom. The van der Waals surface area contributed by atoms with E-state index in [-0.39, 0.29) is 23.9 Å². The number of carbonyl (C=O) groups excluding carboxylic acids is 2. The normalized spacial score (nSPS) is 16.1. The molecular weight excluding hydrogens is 389 g/mol. The second kappa shape index (κ2) is 8.22. The van der Waals surface area contributed by atoms with Crippen molar-refractivity contribution in [2.75, 3.05) is 32.6 Å². The molecule has 1 atom stereocenters. The maximum absolute atomic E-state index is 14.5. The molecule has 1 unspecified atom stereocenters. The lowest BCUT2D eigenvalue weighted by molar-refractivity contribution is -0.131. The summed E-state index contributed by atoms with van der Waals surface area (Å²) in [6.07, 6.45) is 1.91. The van der Waals surface area contributed by atoms with Crippen molar-refractivity contribution in [1.82, 2.24) is 10.2 Å². The second-order valence-electron chi connectivity index (χ2n) is 7.39. The Morgan fingerprint density at radius 3 is 2.57 bits per heavy atom. The molecule has 8 heteroatoms. The minimum absolute atomic E-state index is 0.106. The van der Waals surface area contributed by atoms with Crippen LogP contribution in [0.2, 0.25) is 0 Å². The second-order valence-corrected chi connectivity index (χ2v) is 7.39. The van der Waals surface area contributed by atoms with Gasteiger partial charge in [0.25, 0.3) is 5.91 Å². The molecule has 1 fully saturated rings. The highest BCUT2D eigenvalue weighted by atomic mass is 19.1. The van der Waals surface area contributed by atoms with Gasteiger partial charge in [0.05, 0.1) is 14.2 Å². The number of anilines is 1. The molecular formula is C22H24FN3O4. The van der Waals surface area contributed by atoms with Gasteiger partial charge in [-0.1, -0.05) is 6.07 Å². The maximum Gasteiger partial charge on any atom is 0.252 e. The number of nitrogens with zero attached hydrogens (tertiary/aromatic N) is 1. The SMILES string of the molecule is COc1ccc(C(Nc2cc(F)c3c(c2)C(=O)NC3)C(=O)N2CCCC2)cc1OC. The summed E-state index contributed by atoms with van der Waals surface area (Å²) in [6, 6.07) is 7.40. The van der Waals surface area contributed by atoms with E-state index in [0.717, 1.165) is 12.8 Å². The van der Waals surface area contributed by atoms with Gasteiger partial charge in [0.1, 0.15) is 11.9 Å². The Labute approximate surface area is 174 Å². The van der Waals surface area contributed by atoms with Crippen molar-refractivity contribution >= 4 is 17.5 Å². The predicted molar refractivity (Wildman–Crippen MR) is 109 cm³/mol. The van der Waals surface area contributed by atoms with E-state index in [2.05, 4.69) is 10.6 Å². The van der Waals surface area contributed by atoms with Gasteiger partial charge in [0.2, 0.25) is 5.91 Å². The van der Waals surface area contributed by atoms with E-state index in [1.807, 2.05) is 0 Å². The Hall–Kier alpha value is -3.29. The largest absolute Gasteiger partial charge is 0.493 e. The number of benzene rings is 2. The zero-order chi connectivity index (χ0) is 21.3. The number of carbonyl (C=O) groups is 2. The fraction of sp³-hybridized carbons (Fsp3) is 0.364. The number of methoxy groups -OCH3 is 2.